The normalized spacial score (nSPS) is 22.5. The highest BCUT2D eigenvalue weighted by atomic mass is 16.4. The minimum atomic E-state index is -0.743. The molecule has 0 saturated heterocycles. The number of aliphatic carboxylic acids is 1. The molecule has 0 heterocycles. The number of rotatable bonds is 1. The molecule has 2 heteroatoms. The zero-order chi connectivity index (χ0) is 8.65. The van der Waals surface area contributed by atoms with Crippen LogP contribution in [0, 0.1) is 5.41 Å². The predicted octanol–water partition coefficient (Wildman–Crippen LogP) is 2.21. The molecule has 0 bridgehead atoms. The first kappa shape index (κ1) is 8.31. The van der Waals surface area contributed by atoms with Gasteiger partial charge in [0.25, 0.3) is 0 Å². The van der Waals surface area contributed by atoms with Gasteiger partial charge in [0.2, 0.25) is 0 Å². The summed E-state index contributed by atoms with van der Waals surface area (Å²) in [5.74, 6) is -0.743. The van der Waals surface area contributed by atoms with Gasteiger partial charge in [-0.1, -0.05) is 19.4 Å². The second-order valence-corrected chi connectivity index (χ2v) is 3.79. The highest BCUT2D eigenvalue weighted by molar-refractivity contribution is 5.88. The van der Waals surface area contributed by atoms with Gasteiger partial charge in [0, 0.05) is 5.57 Å². The minimum absolute atomic E-state index is 0.105. The van der Waals surface area contributed by atoms with Crippen molar-refractivity contribution in [1.82, 2.24) is 0 Å². The van der Waals surface area contributed by atoms with Crippen molar-refractivity contribution in [2.45, 2.75) is 33.6 Å². The molecule has 0 amide bonds. The average molecular weight is 154 g/mol. The summed E-state index contributed by atoms with van der Waals surface area (Å²) in [5.41, 5.74) is 1.77. The summed E-state index contributed by atoms with van der Waals surface area (Å²) >= 11 is 0. The molecule has 0 aliphatic heterocycles. The first-order valence-corrected chi connectivity index (χ1v) is 3.88. The zero-order valence-electron chi connectivity index (χ0n) is 7.27. The van der Waals surface area contributed by atoms with E-state index in [1.165, 1.54) is 0 Å². The first-order valence-electron chi connectivity index (χ1n) is 3.88. The van der Waals surface area contributed by atoms with E-state index < -0.39 is 5.97 Å². The fourth-order valence-electron chi connectivity index (χ4n) is 1.49. The molecule has 0 radical (unpaired) electrons. The van der Waals surface area contributed by atoms with Crippen molar-refractivity contribution < 1.29 is 9.90 Å². The molecule has 0 saturated carbocycles. The van der Waals surface area contributed by atoms with Gasteiger partial charge in [-0.15, -0.1) is 0 Å². The fourth-order valence-corrected chi connectivity index (χ4v) is 1.49. The summed E-state index contributed by atoms with van der Waals surface area (Å²) in [6, 6.07) is 0. The molecule has 1 rings (SSSR count). The summed E-state index contributed by atoms with van der Waals surface area (Å²) in [6.07, 6.45) is 1.70. The van der Waals surface area contributed by atoms with Crippen LogP contribution < -0.4 is 0 Å². The maximum absolute atomic E-state index is 10.6. The first-order chi connectivity index (χ1) is 4.95. The van der Waals surface area contributed by atoms with Gasteiger partial charge in [-0.2, -0.15) is 0 Å². The van der Waals surface area contributed by atoms with Gasteiger partial charge in [0.15, 0.2) is 0 Å². The van der Waals surface area contributed by atoms with Crippen LogP contribution in [0.1, 0.15) is 33.6 Å². The fraction of sp³-hybridized carbons (Fsp3) is 0.667. The predicted molar refractivity (Wildman–Crippen MR) is 43.4 cm³/mol. The van der Waals surface area contributed by atoms with Crippen molar-refractivity contribution in [3.63, 3.8) is 0 Å². The third-order valence-corrected chi connectivity index (χ3v) is 2.73. The lowest BCUT2D eigenvalue weighted by Crippen LogP contribution is -2.08. The molecule has 1 aliphatic rings. The highest BCUT2D eigenvalue weighted by Gasteiger charge is 2.31. The van der Waals surface area contributed by atoms with Crippen LogP contribution in [0.15, 0.2) is 11.1 Å². The molecule has 0 unspecified atom stereocenters. The second-order valence-electron chi connectivity index (χ2n) is 3.79. The van der Waals surface area contributed by atoms with E-state index in [1.54, 1.807) is 0 Å². The van der Waals surface area contributed by atoms with Gasteiger partial charge in [-0.3, -0.25) is 0 Å². The van der Waals surface area contributed by atoms with Crippen LogP contribution in [0.3, 0.4) is 0 Å². The van der Waals surface area contributed by atoms with Crippen molar-refractivity contribution in [1.29, 1.82) is 0 Å². The summed E-state index contributed by atoms with van der Waals surface area (Å²) < 4.78 is 0. The van der Waals surface area contributed by atoms with Crippen LogP contribution in [0.25, 0.3) is 0 Å². The summed E-state index contributed by atoms with van der Waals surface area (Å²) in [6.45, 7) is 6.12. The standard InChI is InChI=1S/C9H14O2/c1-6-7(8(10)11)4-5-9(6,2)3/h4-5H2,1-3H3,(H,10,11). The molecule has 0 aromatic carbocycles. The number of carboxylic acids is 1. The molecular weight excluding hydrogens is 140 g/mol. The number of carbonyl (C=O) groups is 1. The molecule has 0 fully saturated rings. The van der Waals surface area contributed by atoms with Gasteiger partial charge in [-0.25, -0.2) is 4.79 Å². The Bertz CT molecular complexity index is 224. The summed E-state index contributed by atoms with van der Waals surface area (Å²) in [4.78, 5) is 10.6. The molecule has 2 nitrogen and oxygen atoms in total. The van der Waals surface area contributed by atoms with Gasteiger partial charge in [0.05, 0.1) is 0 Å². The van der Waals surface area contributed by atoms with Gasteiger partial charge in [0.1, 0.15) is 0 Å². The monoisotopic (exact) mass is 154 g/mol. The maximum Gasteiger partial charge on any atom is 0.331 e. The van der Waals surface area contributed by atoms with Crippen molar-refractivity contribution in [3.05, 3.63) is 11.1 Å². The number of hydrogen-bond donors (Lipinski definition) is 1. The molecule has 11 heavy (non-hydrogen) atoms. The topological polar surface area (TPSA) is 37.3 Å². The van der Waals surface area contributed by atoms with Crippen LogP contribution in [0.5, 0.6) is 0 Å². The average Bonchev–Trinajstić information content (AvgIpc) is 2.09. The highest BCUT2D eigenvalue weighted by Crippen LogP contribution is 2.41. The van der Waals surface area contributed by atoms with E-state index in [0.29, 0.717) is 5.57 Å². The van der Waals surface area contributed by atoms with Crippen molar-refractivity contribution in [2.24, 2.45) is 5.41 Å². The molecule has 62 valence electrons. The Morgan fingerprint density at radius 1 is 1.55 bits per heavy atom. The van der Waals surface area contributed by atoms with E-state index >= 15 is 0 Å². The van der Waals surface area contributed by atoms with Crippen molar-refractivity contribution >= 4 is 5.97 Å². The van der Waals surface area contributed by atoms with Crippen molar-refractivity contribution in [2.75, 3.05) is 0 Å². The lowest BCUT2D eigenvalue weighted by molar-refractivity contribution is -0.132. The Morgan fingerprint density at radius 2 is 2.09 bits per heavy atom. The van der Waals surface area contributed by atoms with E-state index in [4.69, 9.17) is 5.11 Å². The Kier molecular flexibility index (Phi) is 1.78. The minimum Gasteiger partial charge on any atom is -0.478 e. The third kappa shape index (κ3) is 1.30. The van der Waals surface area contributed by atoms with E-state index in [0.717, 1.165) is 18.4 Å². The lowest BCUT2D eigenvalue weighted by atomic mass is 9.86. The molecular formula is C9H14O2. The quantitative estimate of drug-likeness (QED) is 0.628. The Morgan fingerprint density at radius 3 is 2.27 bits per heavy atom. The Labute approximate surface area is 66.9 Å². The summed E-state index contributed by atoms with van der Waals surface area (Å²) in [7, 11) is 0. The maximum atomic E-state index is 10.6. The zero-order valence-corrected chi connectivity index (χ0v) is 7.27. The van der Waals surface area contributed by atoms with E-state index in [9.17, 15) is 4.79 Å². The van der Waals surface area contributed by atoms with Crippen LogP contribution >= 0.6 is 0 Å². The van der Waals surface area contributed by atoms with Crippen LogP contribution in [0.4, 0.5) is 0 Å². The Balaban J connectivity index is 2.99. The van der Waals surface area contributed by atoms with Gasteiger partial charge in [-0.05, 0) is 25.2 Å². The van der Waals surface area contributed by atoms with E-state index in [1.807, 2.05) is 6.92 Å². The molecule has 0 aromatic rings. The Hall–Kier alpha value is -0.790. The van der Waals surface area contributed by atoms with E-state index in [-0.39, 0.29) is 5.41 Å². The van der Waals surface area contributed by atoms with Crippen LogP contribution in [0.2, 0.25) is 0 Å². The van der Waals surface area contributed by atoms with Crippen LogP contribution in [-0.4, -0.2) is 11.1 Å². The number of allylic oxidation sites excluding steroid dienone is 1. The van der Waals surface area contributed by atoms with Crippen molar-refractivity contribution in [3.8, 4) is 0 Å². The third-order valence-electron chi connectivity index (χ3n) is 2.73. The second kappa shape index (κ2) is 2.36. The number of carboxylic acid groups (broad SMARTS) is 1. The largest absolute Gasteiger partial charge is 0.478 e. The number of hydrogen-bond acceptors (Lipinski definition) is 1. The molecule has 0 atom stereocenters. The summed E-state index contributed by atoms with van der Waals surface area (Å²) in [5, 5.41) is 8.76. The lowest BCUT2D eigenvalue weighted by Gasteiger charge is -2.18. The van der Waals surface area contributed by atoms with Crippen LogP contribution in [-0.2, 0) is 4.79 Å². The molecule has 1 N–H and O–H groups in total. The molecule has 1 aliphatic carbocycles. The van der Waals surface area contributed by atoms with Gasteiger partial charge < -0.3 is 5.11 Å². The molecule has 0 aromatic heterocycles. The SMILES string of the molecule is CC1=C(C(=O)O)CCC1(C)C. The van der Waals surface area contributed by atoms with Gasteiger partial charge >= 0.3 is 5.97 Å². The van der Waals surface area contributed by atoms with E-state index in [2.05, 4.69) is 13.8 Å². The smallest absolute Gasteiger partial charge is 0.331 e. The molecule has 0 spiro atoms.